The maximum atomic E-state index is 13.0. The van der Waals surface area contributed by atoms with E-state index in [0.29, 0.717) is 0 Å². The summed E-state index contributed by atoms with van der Waals surface area (Å²) < 4.78 is 62.6. The summed E-state index contributed by atoms with van der Waals surface area (Å²) >= 11 is 12.1. The summed E-state index contributed by atoms with van der Waals surface area (Å²) in [6, 6.07) is 8.27. The van der Waals surface area contributed by atoms with Crippen LogP contribution in [0.5, 0.6) is 0 Å². The molecule has 10 heteroatoms. The lowest BCUT2D eigenvalue weighted by Crippen LogP contribution is -2.20. The highest BCUT2D eigenvalue weighted by Crippen LogP contribution is 2.37. The summed E-state index contributed by atoms with van der Waals surface area (Å²) in [6.45, 7) is 10.9. The molecule has 2 aromatic carbocycles. The average Bonchev–Trinajstić information content (AvgIpc) is 2.64. The van der Waals surface area contributed by atoms with Crippen LogP contribution in [0.25, 0.3) is 11.1 Å². The van der Waals surface area contributed by atoms with Gasteiger partial charge in [-0.3, -0.25) is 8.37 Å². The lowest BCUT2D eigenvalue weighted by atomic mass is 9.99. The van der Waals surface area contributed by atoms with Crippen molar-refractivity contribution in [3.63, 3.8) is 0 Å². The molecule has 0 fully saturated rings. The van der Waals surface area contributed by atoms with Gasteiger partial charge in [0.05, 0.1) is 13.2 Å². The predicted octanol–water partition coefficient (Wildman–Crippen LogP) is 6.16. The van der Waals surface area contributed by atoms with E-state index in [1.807, 2.05) is 41.5 Å². The van der Waals surface area contributed by atoms with Gasteiger partial charge in [-0.1, -0.05) is 76.9 Å². The van der Waals surface area contributed by atoms with Crippen LogP contribution < -0.4 is 0 Å². The Balaban J connectivity index is 2.68. The molecule has 0 aromatic heterocycles. The van der Waals surface area contributed by atoms with E-state index in [1.165, 1.54) is 36.4 Å². The van der Waals surface area contributed by atoms with E-state index >= 15 is 0 Å². The first-order valence-corrected chi connectivity index (χ1v) is 13.4. The Hall–Kier alpha value is -1.16. The van der Waals surface area contributed by atoms with E-state index in [-0.39, 0.29) is 44.2 Å². The maximum absolute atomic E-state index is 13.0. The highest BCUT2D eigenvalue weighted by Gasteiger charge is 2.29. The van der Waals surface area contributed by atoms with Crippen molar-refractivity contribution < 1.29 is 25.2 Å². The van der Waals surface area contributed by atoms with Crippen LogP contribution in [0.4, 0.5) is 0 Å². The van der Waals surface area contributed by atoms with Crippen LogP contribution in [0.2, 0.25) is 10.0 Å². The fraction of sp³-hybridized carbons (Fsp3) is 0.455. The van der Waals surface area contributed by atoms with Gasteiger partial charge in [-0.15, -0.1) is 0 Å². The molecular weight excluding hydrogens is 495 g/mol. The van der Waals surface area contributed by atoms with E-state index < -0.39 is 31.1 Å². The van der Waals surface area contributed by atoms with Crippen LogP contribution in [-0.2, 0) is 28.6 Å². The lowest BCUT2D eigenvalue weighted by molar-refractivity contribution is 0.203. The zero-order valence-electron chi connectivity index (χ0n) is 18.9. The van der Waals surface area contributed by atoms with Crippen LogP contribution >= 0.6 is 23.2 Å². The first kappa shape index (κ1) is 27.1. The van der Waals surface area contributed by atoms with E-state index in [4.69, 9.17) is 31.6 Å². The molecule has 0 aliphatic rings. The Morgan fingerprint density at radius 3 is 1.25 bits per heavy atom. The normalized spacial score (nSPS) is 13.4. The van der Waals surface area contributed by atoms with Crippen molar-refractivity contribution in [2.24, 2.45) is 10.8 Å². The molecule has 178 valence electrons. The second-order valence-corrected chi connectivity index (χ2v) is 13.9. The van der Waals surface area contributed by atoms with Gasteiger partial charge in [0, 0.05) is 21.2 Å². The van der Waals surface area contributed by atoms with Gasteiger partial charge in [0.15, 0.2) is 0 Å². The second-order valence-electron chi connectivity index (χ2n) is 9.83. The van der Waals surface area contributed by atoms with E-state index in [1.54, 1.807) is 0 Å². The molecule has 0 saturated carbocycles. The molecule has 2 aromatic rings. The highest BCUT2D eigenvalue weighted by atomic mass is 35.5. The van der Waals surface area contributed by atoms with Crippen molar-refractivity contribution in [2.75, 3.05) is 13.2 Å². The fourth-order valence-corrected chi connectivity index (χ4v) is 5.67. The Morgan fingerprint density at radius 1 is 0.656 bits per heavy atom. The van der Waals surface area contributed by atoms with E-state index in [2.05, 4.69) is 0 Å². The van der Waals surface area contributed by atoms with Crippen LogP contribution in [0.15, 0.2) is 46.2 Å². The molecular formula is C22H28Cl2O6S2. The van der Waals surface area contributed by atoms with Crippen molar-refractivity contribution in [3.05, 3.63) is 46.4 Å². The number of hydrogen-bond acceptors (Lipinski definition) is 6. The topological polar surface area (TPSA) is 86.7 Å². The quantitative estimate of drug-likeness (QED) is 0.404. The minimum atomic E-state index is -4.26. The zero-order chi connectivity index (χ0) is 24.5. The average molecular weight is 524 g/mol. The number of benzene rings is 2. The Bertz CT molecular complexity index is 1100. The van der Waals surface area contributed by atoms with Gasteiger partial charge < -0.3 is 0 Å². The van der Waals surface area contributed by atoms with Crippen LogP contribution in [0.1, 0.15) is 41.5 Å². The third kappa shape index (κ3) is 7.43. The summed E-state index contributed by atoms with van der Waals surface area (Å²) in [5.74, 6) is 0. The molecule has 0 atom stereocenters. The van der Waals surface area contributed by atoms with E-state index in [9.17, 15) is 16.8 Å². The second kappa shape index (κ2) is 9.60. The number of rotatable bonds is 7. The third-order valence-electron chi connectivity index (χ3n) is 4.01. The summed E-state index contributed by atoms with van der Waals surface area (Å²) in [5, 5.41) is 0.322. The van der Waals surface area contributed by atoms with Crippen molar-refractivity contribution in [1.82, 2.24) is 0 Å². The largest absolute Gasteiger partial charge is 0.297 e. The first-order chi connectivity index (χ1) is 14.4. The molecule has 0 N–H and O–H groups in total. The van der Waals surface area contributed by atoms with E-state index in [0.717, 1.165) is 0 Å². The minimum absolute atomic E-state index is 0.0677. The summed E-state index contributed by atoms with van der Waals surface area (Å²) in [5.41, 5.74) is -0.612. The highest BCUT2D eigenvalue weighted by molar-refractivity contribution is 7.87. The monoisotopic (exact) mass is 522 g/mol. The van der Waals surface area contributed by atoms with Crippen LogP contribution in [-0.4, -0.2) is 30.0 Å². The molecule has 0 heterocycles. The molecule has 0 radical (unpaired) electrons. The van der Waals surface area contributed by atoms with Gasteiger partial charge in [0.2, 0.25) is 0 Å². The molecule has 0 saturated heterocycles. The Kier molecular flexibility index (Phi) is 8.13. The number of hydrogen-bond donors (Lipinski definition) is 0. The lowest BCUT2D eigenvalue weighted by Gasteiger charge is -2.20. The smallest absolute Gasteiger partial charge is 0.266 e. The molecule has 2 rings (SSSR count). The molecule has 0 aliphatic carbocycles. The van der Waals surface area contributed by atoms with Gasteiger partial charge in [-0.25, -0.2) is 0 Å². The summed E-state index contributed by atoms with van der Waals surface area (Å²) in [4.78, 5) is -0.493. The zero-order valence-corrected chi connectivity index (χ0v) is 22.0. The fourth-order valence-electron chi connectivity index (χ4n) is 2.49. The van der Waals surface area contributed by atoms with Gasteiger partial charge in [0.25, 0.3) is 20.2 Å². The van der Waals surface area contributed by atoms with Crippen molar-refractivity contribution >= 4 is 43.4 Å². The standard InChI is InChI=1S/C22H28Cl2O6S2/c1-21(2,3)13-29-31(25,26)19-11-15(23)7-9-17(19)18-10-8-16(24)12-20(18)32(27,28)30-14-22(4,5)6/h7-12H,13-14H2,1-6H3. The molecule has 32 heavy (non-hydrogen) atoms. The molecule has 0 amide bonds. The van der Waals surface area contributed by atoms with Crippen LogP contribution in [0, 0.1) is 10.8 Å². The molecule has 0 bridgehead atoms. The molecule has 0 spiro atoms. The van der Waals surface area contributed by atoms with Crippen molar-refractivity contribution in [3.8, 4) is 11.1 Å². The van der Waals surface area contributed by atoms with Gasteiger partial charge in [-0.2, -0.15) is 16.8 Å². The maximum Gasteiger partial charge on any atom is 0.297 e. The third-order valence-corrected chi connectivity index (χ3v) is 7.09. The minimum Gasteiger partial charge on any atom is -0.266 e. The molecule has 0 unspecified atom stereocenters. The molecule has 6 nitrogen and oxygen atoms in total. The summed E-state index contributed by atoms with van der Waals surface area (Å²) in [6.07, 6.45) is 0. The number of halogens is 2. The van der Waals surface area contributed by atoms with Gasteiger partial charge >= 0.3 is 0 Å². The van der Waals surface area contributed by atoms with Gasteiger partial charge in [-0.05, 0) is 35.1 Å². The van der Waals surface area contributed by atoms with Gasteiger partial charge in [0.1, 0.15) is 9.79 Å². The van der Waals surface area contributed by atoms with Crippen molar-refractivity contribution in [2.45, 2.75) is 51.3 Å². The summed E-state index contributed by atoms with van der Waals surface area (Å²) in [7, 11) is -8.51. The SMILES string of the molecule is CC(C)(C)COS(=O)(=O)c1cc(Cl)ccc1-c1ccc(Cl)cc1S(=O)(=O)OCC(C)(C)C. The Labute approximate surface area is 201 Å². The first-order valence-electron chi connectivity index (χ1n) is 9.80. The van der Waals surface area contributed by atoms with Crippen molar-refractivity contribution in [1.29, 1.82) is 0 Å². The predicted molar refractivity (Wildman–Crippen MR) is 127 cm³/mol. The van der Waals surface area contributed by atoms with Crippen LogP contribution in [0.3, 0.4) is 0 Å². The Morgan fingerprint density at radius 2 is 0.969 bits per heavy atom. The molecule has 0 aliphatic heterocycles.